The average molecular weight is 289 g/mol. The van der Waals surface area contributed by atoms with Crippen LogP contribution in [0.25, 0.3) is 0 Å². The summed E-state index contributed by atoms with van der Waals surface area (Å²) in [5, 5.41) is 0. The first-order valence-corrected chi connectivity index (χ1v) is 6.31. The van der Waals surface area contributed by atoms with Crippen molar-refractivity contribution >= 4 is 27.3 Å². The minimum absolute atomic E-state index is 0.216. The Bertz CT molecular complexity index is 600. The Kier molecular flexibility index (Phi) is 1.80. The van der Waals surface area contributed by atoms with E-state index in [9.17, 15) is 0 Å². The number of hydrogen-bond acceptors (Lipinski definition) is 3. The first kappa shape index (κ1) is 9.48. The molecule has 17 heavy (non-hydrogen) atoms. The number of fused-ring (bicyclic) bond motifs is 1. The predicted octanol–water partition coefficient (Wildman–Crippen LogP) is 3.43. The molecule has 0 fully saturated rings. The van der Waals surface area contributed by atoms with Gasteiger partial charge in [-0.2, -0.15) is 0 Å². The highest BCUT2D eigenvalue weighted by Gasteiger charge is 2.44. The van der Waals surface area contributed by atoms with E-state index >= 15 is 0 Å². The van der Waals surface area contributed by atoms with Crippen molar-refractivity contribution in [2.24, 2.45) is 0 Å². The molecule has 1 aromatic carbocycles. The summed E-state index contributed by atoms with van der Waals surface area (Å²) in [6.07, 6.45) is 1.83. The van der Waals surface area contributed by atoms with Gasteiger partial charge in [0.25, 0.3) is 0 Å². The number of aromatic nitrogens is 1. The number of benzene rings is 1. The summed E-state index contributed by atoms with van der Waals surface area (Å²) >= 11 is 3.51. The Balaban J connectivity index is 1.78. The molecule has 0 amide bonds. The van der Waals surface area contributed by atoms with Crippen LogP contribution >= 0.6 is 15.9 Å². The molecule has 2 aliphatic rings. The summed E-state index contributed by atoms with van der Waals surface area (Å²) < 4.78 is 6.85. The van der Waals surface area contributed by atoms with Crippen LogP contribution in [0.5, 0.6) is 5.75 Å². The Morgan fingerprint density at radius 1 is 1.29 bits per heavy atom. The smallest absolute Gasteiger partial charge is 0.159 e. The molecular formula is C13H9BrN2O. The minimum Gasteiger partial charge on any atom is -0.488 e. The largest absolute Gasteiger partial charge is 0.488 e. The molecule has 0 saturated heterocycles. The normalized spacial score (nSPS) is 19.6. The molecule has 1 atom stereocenters. The predicted molar refractivity (Wildman–Crippen MR) is 68.8 cm³/mol. The molecule has 4 rings (SSSR count). The highest BCUT2D eigenvalue weighted by molar-refractivity contribution is 9.10. The topological polar surface area (TPSA) is 25.1 Å². The van der Waals surface area contributed by atoms with Gasteiger partial charge in [-0.25, -0.2) is 0 Å². The molecule has 2 aliphatic heterocycles. The van der Waals surface area contributed by atoms with Crippen molar-refractivity contribution in [2.75, 3.05) is 11.5 Å². The van der Waals surface area contributed by atoms with Crippen LogP contribution < -0.4 is 9.64 Å². The zero-order valence-electron chi connectivity index (χ0n) is 8.93. The molecule has 0 bridgehead atoms. The number of nitrogens with zero attached hydrogens (tertiary/aromatic N) is 2. The maximum atomic E-state index is 5.82. The number of anilines is 2. The average Bonchev–Trinajstić information content (AvgIpc) is 3.10. The molecule has 1 aromatic heterocycles. The molecule has 0 spiro atoms. The van der Waals surface area contributed by atoms with Gasteiger partial charge in [-0.3, -0.25) is 4.98 Å². The van der Waals surface area contributed by atoms with E-state index in [2.05, 4.69) is 31.9 Å². The van der Waals surface area contributed by atoms with Gasteiger partial charge in [0.1, 0.15) is 18.3 Å². The van der Waals surface area contributed by atoms with E-state index in [-0.39, 0.29) is 6.04 Å². The maximum Gasteiger partial charge on any atom is 0.159 e. The van der Waals surface area contributed by atoms with Crippen LogP contribution in [0.3, 0.4) is 0 Å². The fraction of sp³-hybridized carbons (Fsp3) is 0.154. The number of hydrogen-bond donors (Lipinski definition) is 0. The lowest BCUT2D eigenvalue weighted by Crippen LogP contribution is -2.24. The summed E-state index contributed by atoms with van der Waals surface area (Å²) in [6.45, 7) is 0.649. The van der Waals surface area contributed by atoms with Crippen LogP contribution in [0.2, 0.25) is 0 Å². The zero-order valence-corrected chi connectivity index (χ0v) is 10.5. The van der Waals surface area contributed by atoms with Gasteiger partial charge in [-0.05, 0) is 40.2 Å². The number of rotatable bonds is 1. The van der Waals surface area contributed by atoms with Gasteiger partial charge < -0.3 is 9.64 Å². The Hall–Kier alpha value is -1.55. The van der Waals surface area contributed by atoms with Crippen molar-refractivity contribution in [2.45, 2.75) is 6.04 Å². The summed E-state index contributed by atoms with van der Waals surface area (Å²) in [5.74, 6) is 0.967. The van der Waals surface area contributed by atoms with Gasteiger partial charge >= 0.3 is 0 Å². The number of halogens is 1. The van der Waals surface area contributed by atoms with Crippen molar-refractivity contribution in [3.63, 3.8) is 0 Å². The van der Waals surface area contributed by atoms with Crippen molar-refractivity contribution < 1.29 is 4.74 Å². The molecule has 84 valence electrons. The van der Waals surface area contributed by atoms with Gasteiger partial charge in [0.05, 0.1) is 15.9 Å². The monoisotopic (exact) mass is 288 g/mol. The lowest BCUT2D eigenvalue weighted by molar-refractivity contribution is 0.279. The van der Waals surface area contributed by atoms with E-state index in [0.29, 0.717) is 6.61 Å². The molecule has 0 radical (unpaired) electrons. The molecule has 1 unspecified atom stereocenters. The van der Waals surface area contributed by atoms with Gasteiger partial charge in [0.15, 0.2) is 5.75 Å². The maximum absolute atomic E-state index is 5.82. The van der Waals surface area contributed by atoms with Crippen LogP contribution in [0.15, 0.2) is 41.0 Å². The number of ether oxygens (including phenoxy) is 1. The van der Waals surface area contributed by atoms with E-state index in [1.165, 1.54) is 11.4 Å². The van der Waals surface area contributed by atoms with Crippen LogP contribution in [0.4, 0.5) is 11.4 Å². The summed E-state index contributed by atoms with van der Waals surface area (Å²) in [6, 6.07) is 10.4. The summed E-state index contributed by atoms with van der Waals surface area (Å²) in [5.41, 5.74) is 3.53. The van der Waals surface area contributed by atoms with Crippen molar-refractivity contribution in [1.82, 2.24) is 4.98 Å². The van der Waals surface area contributed by atoms with E-state index in [1.54, 1.807) is 0 Å². The Morgan fingerprint density at radius 2 is 2.24 bits per heavy atom. The van der Waals surface area contributed by atoms with Crippen LogP contribution in [0.1, 0.15) is 11.7 Å². The van der Waals surface area contributed by atoms with E-state index in [4.69, 9.17) is 4.74 Å². The van der Waals surface area contributed by atoms with Gasteiger partial charge in [-0.1, -0.05) is 6.07 Å². The molecule has 0 aliphatic carbocycles. The van der Waals surface area contributed by atoms with Gasteiger partial charge in [0.2, 0.25) is 0 Å². The van der Waals surface area contributed by atoms with Gasteiger partial charge in [0, 0.05) is 6.20 Å². The SMILES string of the molecule is Brc1ccc2c3c1OCC(c1ccccn1)N23. The molecular weight excluding hydrogens is 280 g/mol. The third-order valence-electron chi connectivity index (χ3n) is 3.24. The summed E-state index contributed by atoms with van der Waals surface area (Å²) in [4.78, 5) is 6.71. The van der Waals surface area contributed by atoms with Gasteiger partial charge in [-0.15, -0.1) is 0 Å². The summed E-state index contributed by atoms with van der Waals surface area (Å²) in [7, 11) is 0. The van der Waals surface area contributed by atoms with E-state index in [0.717, 1.165) is 15.9 Å². The minimum atomic E-state index is 0.216. The van der Waals surface area contributed by atoms with Crippen molar-refractivity contribution in [3.8, 4) is 5.75 Å². The molecule has 0 saturated carbocycles. The highest BCUT2D eigenvalue weighted by atomic mass is 79.9. The molecule has 3 nitrogen and oxygen atoms in total. The molecule has 0 N–H and O–H groups in total. The second kappa shape index (κ2) is 3.23. The van der Waals surface area contributed by atoms with E-state index in [1.807, 2.05) is 30.5 Å². The fourth-order valence-corrected chi connectivity index (χ4v) is 2.84. The van der Waals surface area contributed by atoms with Crippen molar-refractivity contribution in [1.29, 1.82) is 0 Å². The van der Waals surface area contributed by atoms with Crippen LogP contribution in [-0.2, 0) is 0 Å². The third-order valence-corrected chi connectivity index (χ3v) is 3.86. The third kappa shape index (κ3) is 1.24. The van der Waals surface area contributed by atoms with Crippen molar-refractivity contribution in [3.05, 3.63) is 46.7 Å². The molecule has 4 heteroatoms. The Labute approximate surface area is 107 Å². The van der Waals surface area contributed by atoms with E-state index < -0.39 is 0 Å². The standard InChI is InChI=1S/C13H9BrN2O/c14-8-4-5-10-12-13(8)17-7-11(16(10)12)9-3-1-2-6-15-9/h1-6,11H,7H2. The second-order valence-electron chi connectivity index (χ2n) is 4.20. The highest BCUT2D eigenvalue weighted by Crippen LogP contribution is 2.62. The quantitative estimate of drug-likeness (QED) is 0.752. The van der Waals surface area contributed by atoms with Crippen LogP contribution in [-0.4, -0.2) is 11.6 Å². The molecule has 3 heterocycles. The Morgan fingerprint density at radius 3 is 3.06 bits per heavy atom. The molecule has 2 aromatic rings. The second-order valence-corrected chi connectivity index (χ2v) is 5.05. The van der Waals surface area contributed by atoms with Crippen LogP contribution in [0, 0.1) is 0 Å². The zero-order chi connectivity index (χ0) is 11.4. The number of pyridine rings is 1. The lowest BCUT2D eigenvalue weighted by Gasteiger charge is -2.23. The first-order chi connectivity index (χ1) is 8.36. The fourth-order valence-electron chi connectivity index (χ4n) is 2.41. The first-order valence-electron chi connectivity index (χ1n) is 5.52. The lowest BCUT2D eigenvalue weighted by atomic mass is 10.2.